The van der Waals surface area contributed by atoms with Gasteiger partial charge in [-0.15, -0.1) is 0 Å². The first-order valence-electron chi connectivity index (χ1n) is 6.68. The summed E-state index contributed by atoms with van der Waals surface area (Å²) in [7, 11) is 0. The van der Waals surface area contributed by atoms with Crippen molar-refractivity contribution in [2.45, 2.75) is 38.6 Å². The monoisotopic (exact) mass is 246 g/mol. The van der Waals surface area contributed by atoms with Crippen molar-refractivity contribution in [1.29, 1.82) is 0 Å². The lowest BCUT2D eigenvalue weighted by atomic mass is 9.93. The Balaban J connectivity index is 2.11. The highest BCUT2D eigenvalue weighted by molar-refractivity contribution is 5.77. The molecule has 3 heteroatoms. The zero-order chi connectivity index (χ0) is 13.1. The maximum atomic E-state index is 12.0. The van der Waals surface area contributed by atoms with Crippen LogP contribution < -0.4 is 5.73 Å². The minimum Gasteiger partial charge on any atom is -0.339 e. The number of rotatable bonds is 3. The third-order valence-corrected chi connectivity index (χ3v) is 3.88. The molecule has 0 aromatic heterocycles. The maximum Gasteiger partial charge on any atom is 0.224 e. The van der Waals surface area contributed by atoms with E-state index in [4.69, 9.17) is 5.73 Å². The standard InChI is InChI=1S/C15H22N2O/c1-11-5-3-4-6-14(11)13-9-12(2)17(10-13)15(18)7-8-16/h3-6,12-13H,7-10,16H2,1-2H3. The van der Waals surface area contributed by atoms with E-state index in [9.17, 15) is 4.79 Å². The third-order valence-electron chi connectivity index (χ3n) is 3.88. The Labute approximate surface area is 109 Å². The predicted octanol–water partition coefficient (Wildman–Crippen LogP) is 2.05. The summed E-state index contributed by atoms with van der Waals surface area (Å²) < 4.78 is 0. The first-order valence-corrected chi connectivity index (χ1v) is 6.68. The van der Waals surface area contributed by atoms with Gasteiger partial charge in [0.15, 0.2) is 0 Å². The van der Waals surface area contributed by atoms with Gasteiger partial charge in [-0.1, -0.05) is 24.3 Å². The van der Waals surface area contributed by atoms with Crippen LogP contribution in [0, 0.1) is 6.92 Å². The van der Waals surface area contributed by atoms with Crippen molar-refractivity contribution < 1.29 is 4.79 Å². The summed E-state index contributed by atoms with van der Waals surface area (Å²) >= 11 is 0. The Morgan fingerprint density at radius 1 is 1.44 bits per heavy atom. The SMILES string of the molecule is Cc1ccccc1C1CC(C)N(C(=O)CCN)C1. The van der Waals surface area contributed by atoms with Gasteiger partial charge in [-0.2, -0.15) is 0 Å². The summed E-state index contributed by atoms with van der Waals surface area (Å²) in [6.07, 6.45) is 1.52. The van der Waals surface area contributed by atoms with Gasteiger partial charge < -0.3 is 10.6 Å². The van der Waals surface area contributed by atoms with Crippen LogP contribution in [-0.4, -0.2) is 29.9 Å². The predicted molar refractivity (Wildman–Crippen MR) is 73.4 cm³/mol. The molecule has 1 aliphatic rings. The molecular formula is C15H22N2O. The van der Waals surface area contributed by atoms with Crippen LogP contribution >= 0.6 is 0 Å². The second kappa shape index (κ2) is 5.53. The van der Waals surface area contributed by atoms with Gasteiger partial charge in [-0.25, -0.2) is 0 Å². The summed E-state index contributed by atoms with van der Waals surface area (Å²) in [6, 6.07) is 8.80. The van der Waals surface area contributed by atoms with E-state index in [0.29, 0.717) is 24.9 Å². The average molecular weight is 246 g/mol. The van der Waals surface area contributed by atoms with Crippen LogP contribution in [0.2, 0.25) is 0 Å². The topological polar surface area (TPSA) is 46.3 Å². The maximum absolute atomic E-state index is 12.0. The zero-order valence-electron chi connectivity index (χ0n) is 11.2. The fraction of sp³-hybridized carbons (Fsp3) is 0.533. The Morgan fingerprint density at radius 2 is 2.17 bits per heavy atom. The van der Waals surface area contributed by atoms with E-state index < -0.39 is 0 Å². The van der Waals surface area contributed by atoms with E-state index in [0.717, 1.165) is 13.0 Å². The lowest BCUT2D eigenvalue weighted by Gasteiger charge is -2.21. The molecular weight excluding hydrogens is 224 g/mol. The van der Waals surface area contributed by atoms with E-state index in [1.165, 1.54) is 11.1 Å². The number of hydrogen-bond acceptors (Lipinski definition) is 2. The van der Waals surface area contributed by atoms with Crippen molar-refractivity contribution in [3.05, 3.63) is 35.4 Å². The molecule has 18 heavy (non-hydrogen) atoms. The fourth-order valence-corrected chi connectivity index (χ4v) is 2.92. The average Bonchev–Trinajstić information content (AvgIpc) is 2.72. The van der Waals surface area contributed by atoms with E-state index in [-0.39, 0.29) is 5.91 Å². The highest BCUT2D eigenvalue weighted by Crippen LogP contribution is 2.33. The molecule has 2 unspecified atom stereocenters. The molecule has 1 amide bonds. The van der Waals surface area contributed by atoms with Gasteiger partial charge in [0.25, 0.3) is 0 Å². The second-order valence-electron chi connectivity index (χ2n) is 5.22. The molecule has 1 fully saturated rings. The van der Waals surface area contributed by atoms with Gasteiger partial charge in [0.1, 0.15) is 0 Å². The Morgan fingerprint density at radius 3 is 2.83 bits per heavy atom. The van der Waals surface area contributed by atoms with Crippen LogP contribution in [0.4, 0.5) is 0 Å². The summed E-state index contributed by atoms with van der Waals surface area (Å²) in [6.45, 7) is 5.55. The zero-order valence-corrected chi connectivity index (χ0v) is 11.2. The number of benzene rings is 1. The highest BCUT2D eigenvalue weighted by atomic mass is 16.2. The van der Waals surface area contributed by atoms with Gasteiger partial charge in [0.05, 0.1) is 0 Å². The Hall–Kier alpha value is -1.35. The number of carbonyl (C=O) groups is 1. The number of aryl methyl sites for hydroxylation is 1. The summed E-state index contributed by atoms with van der Waals surface area (Å²) in [5.74, 6) is 0.670. The van der Waals surface area contributed by atoms with Crippen molar-refractivity contribution in [3.63, 3.8) is 0 Å². The largest absolute Gasteiger partial charge is 0.339 e. The quantitative estimate of drug-likeness (QED) is 0.887. The smallest absolute Gasteiger partial charge is 0.224 e. The van der Waals surface area contributed by atoms with E-state index in [1.54, 1.807) is 0 Å². The van der Waals surface area contributed by atoms with Gasteiger partial charge >= 0.3 is 0 Å². The Bertz CT molecular complexity index is 430. The molecule has 1 aliphatic heterocycles. The number of amides is 1. The summed E-state index contributed by atoms with van der Waals surface area (Å²) in [4.78, 5) is 14.0. The highest BCUT2D eigenvalue weighted by Gasteiger charge is 2.33. The number of carbonyl (C=O) groups excluding carboxylic acids is 1. The van der Waals surface area contributed by atoms with E-state index in [1.807, 2.05) is 4.90 Å². The number of hydrogen-bond donors (Lipinski definition) is 1. The van der Waals surface area contributed by atoms with Crippen LogP contribution in [-0.2, 0) is 4.79 Å². The molecule has 1 saturated heterocycles. The number of nitrogens with two attached hydrogens (primary N) is 1. The fourth-order valence-electron chi connectivity index (χ4n) is 2.92. The molecule has 3 nitrogen and oxygen atoms in total. The molecule has 1 aromatic rings. The molecule has 1 heterocycles. The lowest BCUT2D eigenvalue weighted by Crippen LogP contribution is -2.35. The third kappa shape index (κ3) is 2.56. The molecule has 0 spiro atoms. The van der Waals surface area contributed by atoms with Crippen LogP contribution in [0.3, 0.4) is 0 Å². The minimum atomic E-state index is 0.195. The summed E-state index contributed by atoms with van der Waals surface area (Å²) in [5.41, 5.74) is 8.17. The summed E-state index contributed by atoms with van der Waals surface area (Å²) in [5, 5.41) is 0. The van der Waals surface area contributed by atoms with Crippen molar-refractivity contribution in [2.75, 3.05) is 13.1 Å². The second-order valence-corrected chi connectivity index (χ2v) is 5.22. The van der Waals surface area contributed by atoms with Crippen molar-refractivity contribution >= 4 is 5.91 Å². The first-order chi connectivity index (χ1) is 8.63. The molecule has 98 valence electrons. The minimum absolute atomic E-state index is 0.195. The van der Waals surface area contributed by atoms with E-state index >= 15 is 0 Å². The van der Waals surface area contributed by atoms with Crippen molar-refractivity contribution in [1.82, 2.24) is 4.90 Å². The van der Waals surface area contributed by atoms with Crippen molar-refractivity contribution in [2.24, 2.45) is 5.73 Å². The Kier molecular flexibility index (Phi) is 4.02. The van der Waals surface area contributed by atoms with Crippen LogP contribution in [0.15, 0.2) is 24.3 Å². The van der Waals surface area contributed by atoms with Crippen LogP contribution in [0.25, 0.3) is 0 Å². The molecule has 0 radical (unpaired) electrons. The van der Waals surface area contributed by atoms with Gasteiger partial charge in [0, 0.05) is 31.5 Å². The molecule has 0 saturated carbocycles. The first kappa shape index (κ1) is 13.1. The molecule has 0 bridgehead atoms. The van der Waals surface area contributed by atoms with Gasteiger partial charge in [0.2, 0.25) is 5.91 Å². The van der Waals surface area contributed by atoms with Gasteiger partial charge in [-0.05, 0) is 31.4 Å². The molecule has 2 rings (SSSR count). The number of nitrogens with zero attached hydrogens (tertiary/aromatic N) is 1. The number of likely N-dealkylation sites (tertiary alicyclic amines) is 1. The molecule has 1 aromatic carbocycles. The van der Waals surface area contributed by atoms with Crippen LogP contribution in [0.5, 0.6) is 0 Å². The normalized spacial score (nSPS) is 23.4. The molecule has 0 aliphatic carbocycles. The van der Waals surface area contributed by atoms with Gasteiger partial charge in [-0.3, -0.25) is 4.79 Å². The molecule has 2 N–H and O–H groups in total. The van der Waals surface area contributed by atoms with Crippen molar-refractivity contribution in [3.8, 4) is 0 Å². The van der Waals surface area contributed by atoms with Crippen LogP contribution in [0.1, 0.15) is 36.8 Å². The van der Waals surface area contributed by atoms with E-state index in [2.05, 4.69) is 38.1 Å². The molecule has 2 atom stereocenters. The lowest BCUT2D eigenvalue weighted by molar-refractivity contribution is -0.131.